The number of nitrogens with one attached hydrogen (secondary N) is 1. The van der Waals surface area contributed by atoms with Gasteiger partial charge in [-0.25, -0.2) is 4.98 Å². The molecule has 2 aromatic carbocycles. The topological polar surface area (TPSA) is 156 Å². The second-order valence-corrected chi connectivity index (χ2v) is 6.60. The van der Waals surface area contributed by atoms with Gasteiger partial charge < -0.3 is 5.32 Å². The first-order valence-electron chi connectivity index (χ1n) is 8.87. The van der Waals surface area contributed by atoms with E-state index in [9.17, 15) is 30.3 Å². The van der Waals surface area contributed by atoms with E-state index in [1.54, 1.807) is 31.2 Å². The van der Waals surface area contributed by atoms with Crippen LogP contribution < -0.4 is 16.1 Å². The van der Waals surface area contributed by atoms with Crippen molar-refractivity contribution >= 4 is 39.9 Å². The summed E-state index contributed by atoms with van der Waals surface area (Å²) in [7, 11) is 0. The van der Waals surface area contributed by atoms with Crippen LogP contribution in [0.5, 0.6) is 0 Å². The number of hydrogen-bond donors (Lipinski definition) is 1. The molecular weight excluding hydrogens is 404 g/mol. The average Bonchev–Trinajstić information content (AvgIpc) is 3.13. The third-order valence-electron chi connectivity index (χ3n) is 4.86. The second kappa shape index (κ2) is 7.20. The fourth-order valence-corrected chi connectivity index (χ4v) is 3.36. The van der Waals surface area contributed by atoms with Gasteiger partial charge in [-0.05, 0) is 30.7 Å². The number of pyridine rings is 1. The van der Waals surface area contributed by atoms with Crippen LogP contribution in [0.3, 0.4) is 0 Å². The minimum absolute atomic E-state index is 0.160. The van der Waals surface area contributed by atoms with Crippen molar-refractivity contribution in [1.82, 2.24) is 9.38 Å². The number of hydrogen-bond acceptors (Lipinski definition) is 8. The molecule has 0 fully saturated rings. The lowest BCUT2D eigenvalue weighted by atomic mass is 10.1. The standard InChI is InChI=1S/C20H12N6O5/c1-11-13(9-21)19-23-15-4-2-3-5-16(15)24(19)20(27)14(11)10-22-12-6-7-17(25(28)29)18(8-12)26(30)31/h2-8,10,22H,1H3. The maximum atomic E-state index is 13.2. The van der Waals surface area contributed by atoms with Gasteiger partial charge >= 0.3 is 11.4 Å². The molecule has 0 aliphatic rings. The van der Waals surface area contributed by atoms with Crippen LogP contribution in [0.25, 0.3) is 22.9 Å². The Hall–Kier alpha value is -4.85. The van der Waals surface area contributed by atoms with Gasteiger partial charge in [-0.15, -0.1) is 0 Å². The molecule has 0 bridgehead atoms. The van der Waals surface area contributed by atoms with Crippen LogP contribution in [0.1, 0.15) is 11.1 Å². The van der Waals surface area contributed by atoms with Gasteiger partial charge in [0.2, 0.25) is 0 Å². The third-order valence-corrected chi connectivity index (χ3v) is 4.86. The van der Waals surface area contributed by atoms with E-state index in [2.05, 4.69) is 16.4 Å². The fourth-order valence-electron chi connectivity index (χ4n) is 3.36. The van der Waals surface area contributed by atoms with Crippen molar-refractivity contribution in [1.29, 1.82) is 5.26 Å². The molecule has 0 spiro atoms. The lowest BCUT2D eigenvalue weighted by molar-refractivity contribution is -0.422. The molecule has 0 atom stereocenters. The lowest BCUT2D eigenvalue weighted by Gasteiger charge is -2.04. The molecule has 4 aromatic rings. The van der Waals surface area contributed by atoms with E-state index in [1.807, 2.05) is 0 Å². The van der Waals surface area contributed by atoms with Crippen LogP contribution in [-0.2, 0) is 0 Å². The number of para-hydroxylation sites is 2. The van der Waals surface area contributed by atoms with Crippen LogP contribution in [0.4, 0.5) is 17.1 Å². The molecule has 31 heavy (non-hydrogen) atoms. The summed E-state index contributed by atoms with van der Waals surface area (Å²) in [5.74, 6) is 0. The largest absolute Gasteiger partial charge is 0.361 e. The number of aromatic nitrogens is 2. The van der Waals surface area contributed by atoms with Gasteiger partial charge in [0.1, 0.15) is 6.07 Å². The van der Waals surface area contributed by atoms with E-state index in [1.165, 1.54) is 16.7 Å². The van der Waals surface area contributed by atoms with Gasteiger partial charge in [-0.3, -0.25) is 29.4 Å². The Morgan fingerprint density at radius 3 is 2.52 bits per heavy atom. The molecule has 4 rings (SSSR count). The Morgan fingerprint density at radius 2 is 1.84 bits per heavy atom. The molecule has 0 unspecified atom stereocenters. The minimum atomic E-state index is -0.856. The monoisotopic (exact) mass is 416 g/mol. The summed E-state index contributed by atoms with van der Waals surface area (Å²) < 4.78 is 1.34. The second-order valence-electron chi connectivity index (χ2n) is 6.60. The fraction of sp³-hybridized carbons (Fsp3) is 0.0500. The first kappa shape index (κ1) is 19.5. The quantitative estimate of drug-likeness (QED) is 0.392. The Bertz CT molecular complexity index is 1570. The molecule has 0 aliphatic heterocycles. The minimum Gasteiger partial charge on any atom is -0.361 e. The Balaban J connectivity index is 1.93. The van der Waals surface area contributed by atoms with E-state index in [0.29, 0.717) is 16.6 Å². The lowest BCUT2D eigenvalue weighted by Crippen LogP contribution is -2.34. The molecule has 11 nitrogen and oxygen atoms in total. The predicted molar refractivity (Wildman–Crippen MR) is 111 cm³/mol. The number of nitrogens with zero attached hydrogens (tertiary/aromatic N) is 5. The highest BCUT2D eigenvalue weighted by Gasteiger charge is 2.24. The zero-order valence-corrected chi connectivity index (χ0v) is 15.9. The molecule has 0 saturated carbocycles. The number of nitro benzene ring substituents is 2. The van der Waals surface area contributed by atoms with E-state index < -0.39 is 26.8 Å². The summed E-state index contributed by atoms with van der Waals surface area (Å²) in [6.45, 7) is 1.60. The molecular formula is C20H12N6O5. The number of anilines is 1. The summed E-state index contributed by atoms with van der Waals surface area (Å²) in [6, 6.07) is 12.3. The van der Waals surface area contributed by atoms with Crippen LogP contribution in [0, 0.1) is 38.5 Å². The van der Waals surface area contributed by atoms with Crippen molar-refractivity contribution in [2.75, 3.05) is 5.32 Å². The number of benzene rings is 2. The highest BCUT2D eigenvalue weighted by atomic mass is 16.6. The highest BCUT2D eigenvalue weighted by molar-refractivity contribution is 5.82. The Morgan fingerprint density at radius 1 is 1.13 bits per heavy atom. The van der Waals surface area contributed by atoms with Crippen LogP contribution >= 0.6 is 0 Å². The molecule has 152 valence electrons. The SMILES string of the molecule is Cc1c(C#N)c2nc3ccccc3n2c(=O)c1=CNc1ccc([N+](=O)[O-])c([N+](=O)[O-])c1. The normalized spacial score (nSPS) is 11.5. The van der Waals surface area contributed by atoms with E-state index in [-0.39, 0.29) is 22.1 Å². The zero-order valence-electron chi connectivity index (χ0n) is 15.9. The number of imidazole rings is 1. The molecule has 1 N–H and O–H groups in total. The van der Waals surface area contributed by atoms with Gasteiger partial charge in [0.05, 0.1) is 31.7 Å². The first-order chi connectivity index (χ1) is 14.8. The van der Waals surface area contributed by atoms with Crippen molar-refractivity contribution in [2.24, 2.45) is 0 Å². The van der Waals surface area contributed by atoms with Gasteiger partial charge in [-0.1, -0.05) is 12.1 Å². The van der Waals surface area contributed by atoms with Crippen molar-refractivity contribution < 1.29 is 9.85 Å². The smallest absolute Gasteiger partial charge is 0.348 e. The van der Waals surface area contributed by atoms with Gasteiger partial charge in [0, 0.05) is 24.0 Å². The number of nitriles is 1. The number of nitro groups is 2. The summed E-state index contributed by atoms with van der Waals surface area (Å²) in [4.78, 5) is 38.0. The average molecular weight is 416 g/mol. The highest BCUT2D eigenvalue weighted by Crippen LogP contribution is 2.29. The van der Waals surface area contributed by atoms with Crippen molar-refractivity contribution in [3.05, 3.63) is 89.4 Å². The maximum Gasteiger partial charge on any atom is 0.348 e. The summed E-state index contributed by atoms with van der Waals surface area (Å²) in [6.07, 6.45) is 1.32. The first-order valence-corrected chi connectivity index (χ1v) is 8.87. The van der Waals surface area contributed by atoms with E-state index in [0.717, 1.165) is 12.1 Å². The summed E-state index contributed by atoms with van der Waals surface area (Å²) >= 11 is 0. The molecule has 0 radical (unpaired) electrons. The zero-order chi connectivity index (χ0) is 22.3. The summed E-state index contributed by atoms with van der Waals surface area (Å²) in [5, 5.41) is 34.7. The van der Waals surface area contributed by atoms with Crippen LogP contribution in [-0.4, -0.2) is 19.2 Å². The Kier molecular flexibility index (Phi) is 4.52. The van der Waals surface area contributed by atoms with E-state index >= 15 is 0 Å². The van der Waals surface area contributed by atoms with Crippen molar-refractivity contribution in [3.63, 3.8) is 0 Å². The Labute approximate surface area is 172 Å². The van der Waals surface area contributed by atoms with E-state index in [4.69, 9.17) is 0 Å². The molecule has 0 amide bonds. The molecule has 2 aromatic heterocycles. The predicted octanol–water partition coefficient (Wildman–Crippen LogP) is 2.41. The van der Waals surface area contributed by atoms with Crippen LogP contribution in [0.2, 0.25) is 0 Å². The molecule has 2 heterocycles. The van der Waals surface area contributed by atoms with Gasteiger partial charge in [-0.2, -0.15) is 5.26 Å². The number of rotatable bonds is 4. The maximum absolute atomic E-state index is 13.2. The number of fused-ring (bicyclic) bond motifs is 3. The van der Waals surface area contributed by atoms with Gasteiger partial charge in [0.25, 0.3) is 5.56 Å². The third kappa shape index (κ3) is 3.08. The van der Waals surface area contributed by atoms with Crippen molar-refractivity contribution in [3.8, 4) is 6.07 Å². The summed E-state index contributed by atoms with van der Waals surface area (Å²) in [5.41, 5.74) is 0.373. The van der Waals surface area contributed by atoms with Crippen molar-refractivity contribution in [2.45, 2.75) is 6.92 Å². The van der Waals surface area contributed by atoms with Crippen LogP contribution in [0.15, 0.2) is 47.3 Å². The molecule has 0 saturated heterocycles. The molecule has 0 aliphatic carbocycles. The van der Waals surface area contributed by atoms with Gasteiger partial charge in [0.15, 0.2) is 5.65 Å². The molecule has 11 heteroatoms.